The predicted octanol–water partition coefficient (Wildman–Crippen LogP) is 2.15. The number of nitrogens with zero attached hydrogens (tertiary/aromatic N) is 1. The van der Waals surface area contributed by atoms with E-state index in [1.165, 1.54) is 0 Å². The number of hydrogen-bond acceptors (Lipinski definition) is 3. The third-order valence-corrected chi connectivity index (χ3v) is 3.28. The fourth-order valence-electron chi connectivity index (χ4n) is 1.66. The zero-order valence-electron chi connectivity index (χ0n) is 10.9. The number of ether oxygens (including phenoxy) is 1. The molecule has 18 heavy (non-hydrogen) atoms. The minimum Gasteiger partial charge on any atom is -0.496 e. The van der Waals surface area contributed by atoms with Crippen LogP contribution in [-0.4, -0.2) is 31.0 Å². The van der Waals surface area contributed by atoms with Gasteiger partial charge in [0.2, 0.25) is 5.91 Å². The molecule has 0 aliphatic heterocycles. The molecule has 2 N–H and O–H groups in total. The molecule has 0 radical (unpaired) electrons. The molecule has 100 valence electrons. The van der Waals surface area contributed by atoms with Gasteiger partial charge < -0.3 is 15.4 Å². The Bertz CT molecular complexity index is 423. The van der Waals surface area contributed by atoms with Crippen molar-refractivity contribution in [1.29, 1.82) is 0 Å². The maximum absolute atomic E-state index is 11.9. The Hall–Kier alpha value is -1.07. The van der Waals surface area contributed by atoms with Crippen molar-refractivity contribution in [3.8, 4) is 5.75 Å². The Morgan fingerprint density at radius 2 is 2.22 bits per heavy atom. The average molecular weight is 315 g/mol. The van der Waals surface area contributed by atoms with Crippen LogP contribution in [0.15, 0.2) is 22.7 Å². The SMILES string of the molecule is CC[C@@H](N)C(=O)N(C)Cc1cc(Br)ccc1OC. The standard InChI is InChI=1S/C13H19BrN2O2/c1-4-11(15)13(17)16(2)8-9-7-10(14)5-6-12(9)18-3/h5-7,11H,4,8,15H2,1-3H3/t11-/m1/s1. The van der Waals surface area contributed by atoms with Crippen molar-refractivity contribution in [3.63, 3.8) is 0 Å². The van der Waals surface area contributed by atoms with Crippen LogP contribution >= 0.6 is 15.9 Å². The van der Waals surface area contributed by atoms with Crippen molar-refractivity contribution in [3.05, 3.63) is 28.2 Å². The second kappa shape index (κ2) is 6.75. The normalized spacial score (nSPS) is 12.1. The number of carbonyl (C=O) groups excluding carboxylic acids is 1. The van der Waals surface area contributed by atoms with Crippen LogP contribution in [0, 0.1) is 0 Å². The molecule has 1 atom stereocenters. The summed E-state index contributed by atoms with van der Waals surface area (Å²) < 4.78 is 6.24. The van der Waals surface area contributed by atoms with Crippen molar-refractivity contribution < 1.29 is 9.53 Å². The fraction of sp³-hybridized carbons (Fsp3) is 0.462. The third kappa shape index (κ3) is 3.71. The van der Waals surface area contributed by atoms with Crippen LogP contribution in [-0.2, 0) is 11.3 Å². The van der Waals surface area contributed by atoms with Gasteiger partial charge in [-0.05, 0) is 24.6 Å². The summed E-state index contributed by atoms with van der Waals surface area (Å²) in [7, 11) is 3.37. The van der Waals surface area contributed by atoms with Crippen LogP contribution < -0.4 is 10.5 Å². The van der Waals surface area contributed by atoms with Gasteiger partial charge in [-0.3, -0.25) is 4.79 Å². The molecule has 1 amide bonds. The fourth-order valence-corrected chi connectivity index (χ4v) is 2.07. The second-order valence-electron chi connectivity index (χ2n) is 4.17. The van der Waals surface area contributed by atoms with E-state index >= 15 is 0 Å². The molecule has 4 nitrogen and oxygen atoms in total. The molecule has 5 heteroatoms. The third-order valence-electron chi connectivity index (χ3n) is 2.78. The number of nitrogens with two attached hydrogens (primary N) is 1. The molecule has 0 fully saturated rings. The molecular formula is C13H19BrN2O2. The molecule has 0 aromatic heterocycles. The highest BCUT2D eigenvalue weighted by molar-refractivity contribution is 9.10. The van der Waals surface area contributed by atoms with E-state index in [2.05, 4.69) is 15.9 Å². The van der Waals surface area contributed by atoms with E-state index in [1.54, 1.807) is 19.1 Å². The van der Waals surface area contributed by atoms with Gasteiger partial charge in [-0.25, -0.2) is 0 Å². The van der Waals surface area contributed by atoms with E-state index in [0.717, 1.165) is 15.8 Å². The van der Waals surface area contributed by atoms with Crippen LogP contribution in [0.5, 0.6) is 5.75 Å². The molecule has 0 saturated heterocycles. The highest BCUT2D eigenvalue weighted by Gasteiger charge is 2.17. The van der Waals surface area contributed by atoms with Gasteiger partial charge in [0, 0.05) is 23.6 Å². The monoisotopic (exact) mass is 314 g/mol. The summed E-state index contributed by atoms with van der Waals surface area (Å²) in [5, 5.41) is 0. The summed E-state index contributed by atoms with van der Waals surface area (Å²) in [6.45, 7) is 2.38. The quantitative estimate of drug-likeness (QED) is 0.906. The maximum atomic E-state index is 11.9. The number of rotatable bonds is 5. The maximum Gasteiger partial charge on any atom is 0.239 e. The van der Waals surface area contributed by atoms with Gasteiger partial charge in [0.1, 0.15) is 5.75 Å². The lowest BCUT2D eigenvalue weighted by Gasteiger charge is -2.21. The van der Waals surface area contributed by atoms with Crippen LogP contribution in [0.4, 0.5) is 0 Å². The number of hydrogen-bond donors (Lipinski definition) is 1. The Morgan fingerprint density at radius 3 is 2.78 bits per heavy atom. The Morgan fingerprint density at radius 1 is 1.56 bits per heavy atom. The van der Waals surface area contributed by atoms with Crippen molar-refractivity contribution in [2.24, 2.45) is 5.73 Å². The van der Waals surface area contributed by atoms with Crippen LogP contribution in [0.3, 0.4) is 0 Å². The van der Waals surface area contributed by atoms with Gasteiger partial charge in [0.25, 0.3) is 0 Å². The summed E-state index contributed by atoms with van der Waals surface area (Å²) in [5.74, 6) is 0.711. The van der Waals surface area contributed by atoms with Gasteiger partial charge in [-0.1, -0.05) is 22.9 Å². The minimum absolute atomic E-state index is 0.0560. The molecule has 0 aliphatic carbocycles. The molecule has 1 rings (SSSR count). The van der Waals surface area contributed by atoms with Gasteiger partial charge >= 0.3 is 0 Å². The number of amides is 1. The summed E-state index contributed by atoms with van der Waals surface area (Å²) in [6, 6.07) is 5.28. The molecular weight excluding hydrogens is 296 g/mol. The van der Waals surface area contributed by atoms with E-state index in [0.29, 0.717) is 13.0 Å². The molecule has 1 aromatic carbocycles. The minimum atomic E-state index is -0.437. The largest absolute Gasteiger partial charge is 0.496 e. The lowest BCUT2D eigenvalue weighted by molar-refractivity contribution is -0.131. The van der Waals surface area contributed by atoms with Crippen LogP contribution in [0.1, 0.15) is 18.9 Å². The Kier molecular flexibility index (Phi) is 5.62. The van der Waals surface area contributed by atoms with E-state index in [-0.39, 0.29) is 5.91 Å². The van der Waals surface area contributed by atoms with Crippen molar-refractivity contribution in [2.45, 2.75) is 25.9 Å². The summed E-state index contributed by atoms with van der Waals surface area (Å²) in [6.07, 6.45) is 0.638. The molecule has 0 unspecified atom stereocenters. The first-order valence-electron chi connectivity index (χ1n) is 5.82. The molecule has 0 heterocycles. The van der Waals surface area contributed by atoms with E-state index in [1.807, 2.05) is 25.1 Å². The Labute approximate surface area is 116 Å². The number of carbonyl (C=O) groups is 1. The first kappa shape index (κ1) is 15.0. The van der Waals surface area contributed by atoms with Gasteiger partial charge in [0.05, 0.1) is 13.2 Å². The van der Waals surface area contributed by atoms with Gasteiger partial charge in [0.15, 0.2) is 0 Å². The smallest absolute Gasteiger partial charge is 0.239 e. The average Bonchev–Trinajstić information content (AvgIpc) is 2.37. The van der Waals surface area contributed by atoms with Crippen molar-refractivity contribution >= 4 is 21.8 Å². The topological polar surface area (TPSA) is 55.6 Å². The highest BCUT2D eigenvalue weighted by Crippen LogP contribution is 2.24. The second-order valence-corrected chi connectivity index (χ2v) is 5.08. The first-order chi connectivity index (χ1) is 8.49. The summed E-state index contributed by atoms with van der Waals surface area (Å²) in [5.41, 5.74) is 6.69. The van der Waals surface area contributed by atoms with Gasteiger partial charge in [-0.15, -0.1) is 0 Å². The zero-order chi connectivity index (χ0) is 13.7. The number of methoxy groups -OCH3 is 1. The lowest BCUT2D eigenvalue weighted by Crippen LogP contribution is -2.40. The highest BCUT2D eigenvalue weighted by atomic mass is 79.9. The van der Waals surface area contributed by atoms with E-state index in [9.17, 15) is 4.79 Å². The number of halogens is 1. The van der Waals surface area contributed by atoms with Crippen LogP contribution in [0.25, 0.3) is 0 Å². The van der Waals surface area contributed by atoms with Crippen molar-refractivity contribution in [1.82, 2.24) is 4.90 Å². The van der Waals surface area contributed by atoms with E-state index < -0.39 is 6.04 Å². The van der Waals surface area contributed by atoms with E-state index in [4.69, 9.17) is 10.5 Å². The first-order valence-corrected chi connectivity index (χ1v) is 6.61. The number of benzene rings is 1. The molecule has 0 spiro atoms. The molecule has 1 aromatic rings. The van der Waals surface area contributed by atoms with Crippen LogP contribution in [0.2, 0.25) is 0 Å². The molecule has 0 bridgehead atoms. The van der Waals surface area contributed by atoms with Gasteiger partial charge in [-0.2, -0.15) is 0 Å². The lowest BCUT2D eigenvalue weighted by atomic mass is 10.1. The van der Waals surface area contributed by atoms with Crippen molar-refractivity contribution in [2.75, 3.05) is 14.2 Å². The predicted molar refractivity (Wildman–Crippen MR) is 75.4 cm³/mol. The number of likely N-dealkylation sites (N-methyl/N-ethyl adjacent to an activating group) is 1. The molecule has 0 saturated carbocycles. The zero-order valence-corrected chi connectivity index (χ0v) is 12.5. The molecule has 0 aliphatic rings. The summed E-state index contributed by atoms with van der Waals surface area (Å²) >= 11 is 3.41. The summed E-state index contributed by atoms with van der Waals surface area (Å²) in [4.78, 5) is 13.5. The Balaban J connectivity index is 2.83.